The highest BCUT2D eigenvalue weighted by Crippen LogP contribution is 2.67. The minimum absolute atomic E-state index is 0.0868. The Morgan fingerprint density at radius 1 is 1.23 bits per heavy atom. The van der Waals surface area contributed by atoms with Crippen LogP contribution >= 0.6 is 0 Å². The van der Waals surface area contributed by atoms with Gasteiger partial charge >= 0.3 is 5.97 Å². The fraction of sp³-hybridized carbons (Fsp3) is 0.741. The Kier molecular flexibility index (Phi) is 6.80. The molecule has 0 aromatic carbocycles. The third-order valence-electron chi connectivity index (χ3n) is 9.81. The molecule has 4 rings (SSSR count). The predicted molar refractivity (Wildman–Crippen MR) is 130 cm³/mol. The highest BCUT2D eigenvalue weighted by molar-refractivity contribution is 5.96. The van der Waals surface area contributed by atoms with Gasteiger partial charge in [-0.2, -0.15) is 0 Å². The molecule has 4 aliphatic carbocycles. The Balaban J connectivity index is 1.41. The number of hydrogen-bond donors (Lipinski definition) is 4. The van der Waals surface area contributed by atoms with Gasteiger partial charge in [0.25, 0.3) is 5.91 Å². The number of terminal acetylenes is 1. The summed E-state index contributed by atoms with van der Waals surface area (Å²) in [5.41, 5.74) is 1.06. The molecule has 0 bridgehead atoms. The van der Waals surface area contributed by atoms with Gasteiger partial charge in [-0.05, 0) is 87.5 Å². The quantitative estimate of drug-likeness (QED) is 0.338. The lowest BCUT2D eigenvalue weighted by Gasteiger charge is -2.58. The number of nitrogens with one attached hydrogen (secondary N) is 1. The lowest BCUT2D eigenvalue weighted by Crippen LogP contribution is -2.54. The number of allylic oxidation sites excluding steroid dienone is 2. The van der Waals surface area contributed by atoms with E-state index in [0.717, 1.165) is 50.7 Å². The van der Waals surface area contributed by atoms with Crippen LogP contribution in [-0.2, 0) is 14.4 Å². The normalized spacial score (nSPS) is 40.9. The van der Waals surface area contributed by atoms with E-state index < -0.39 is 36.2 Å². The molecule has 0 heterocycles. The van der Waals surface area contributed by atoms with Gasteiger partial charge < -0.3 is 25.5 Å². The van der Waals surface area contributed by atoms with Gasteiger partial charge in [0, 0.05) is 5.41 Å². The number of oxime groups is 1. The van der Waals surface area contributed by atoms with Crippen LogP contribution in [0.4, 0.5) is 0 Å². The molecular formula is C27H38N2O6. The van der Waals surface area contributed by atoms with Crippen molar-refractivity contribution in [3.8, 4) is 12.3 Å². The van der Waals surface area contributed by atoms with Gasteiger partial charge in [-0.15, -0.1) is 6.42 Å². The van der Waals surface area contributed by atoms with Crippen molar-refractivity contribution in [2.24, 2.45) is 33.7 Å². The summed E-state index contributed by atoms with van der Waals surface area (Å²) in [5, 5.41) is 36.1. The molecule has 8 atom stereocenters. The summed E-state index contributed by atoms with van der Waals surface area (Å²) >= 11 is 0. The van der Waals surface area contributed by atoms with E-state index in [0.29, 0.717) is 24.2 Å². The number of aliphatic carboxylic acids is 1. The Morgan fingerprint density at radius 3 is 2.60 bits per heavy atom. The first-order chi connectivity index (χ1) is 16.4. The van der Waals surface area contributed by atoms with Gasteiger partial charge in [0.15, 0.2) is 12.6 Å². The predicted octanol–water partition coefficient (Wildman–Crippen LogP) is 2.64. The zero-order valence-electron chi connectivity index (χ0n) is 20.9. The maximum absolute atomic E-state index is 12.0. The first-order valence-corrected chi connectivity index (χ1v) is 12.8. The van der Waals surface area contributed by atoms with Crippen molar-refractivity contribution in [3.63, 3.8) is 0 Å². The molecule has 0 unspecified atom stereocenters. The Labute approximate surface area is 207 Å². The number of carboxylic acids is 1. The molecule has 0 radical (unpaired) electrons. The van der Waals surface area contributed by atoms with E-state index in [1.165, 1.54) is 12.5 Å². The van der Waals surface area contributed by atoms with E-state index in [-0.39, 0.29) is 10.8 Å². The summed E-state index contributed by atoms with van der Waals surface area (Å²) in [6.45, 7) is 5.46. The second kappa shape index (κ2) is 9.25. The number of fused-ring (bicyclic) bond motifs is 5. The van der Waals surface area contributed by atoms with Crippen molar-refractivity contribution in [3.05, 3.63) is 11.6 Å². The minimum Gasteiger partial charge on any atom is -0.480 e. The zero-order valence-corrected chi connectivity index (χ0v) is 20.9. The van der Waals surface area contributed by atoms with E-state index in [2.05, 4.69) is 36.3 Å². The number of rotatable bonds is 6. The van der Waals surface area contributed by atoms with Gasteiger partial charge in [-0.3, -0.25) is 4.79 Å². The molecule has 0 spiro atoms. The van der Waals surface area contributed by atoms with Crippen molar-refractivity contribution in [2.45, 2.75) is 89.9 Å². The molecule has 4 N–H and O–H groups in total. The summed E-state index contributed by atoms with van der Waals surface area (Å²) in [6, 6.07) is -1.39. The van der Waals surface area contributed by atoms with Crippen molar-refractivity contribution in [1.29, 1.82) is 0 Å². The van der Waals surface area contributed by atoms with Crippen LogP contribution in [0.5, 0.6) is 0 Å². The monoisotopic (exact) mass is 486 g/mol. The summed E-state index contributed by atoms with van der Waals surface area (Å²) in [6.07, 6.45) is 14.1. The molecule has 3 saturated carbocycles. The van der Waals surface area contributed by atoms with Gasteiger partial charge in [0.05, 0.1) is 11.8 Å². The zero-order chi connectivity index (χ0) is 25.6. The average molecular weight is 487 g/mol. The molecule has 8 nitrogen and oxygen atoms in total. The fourth-order valence-electron chi connectivity index (χ4n) is 7.67. The average Bonchev–Trinajstić information content (AvgIpc) is 3.08. The molecule has 192 valence electrons. The van der Waals surface area contributed by atoms with Crippen LogP contribution in [-0.4, -0.2) is 57.3 Å². The van der Waals surface area contributed by atoms with Crippen LogP contribution in [0.1, 0.15) is 72.1 Å². The van der Waals surface area contributed by atoms with Crippen molar-refractivity contribution < 1.29 is 29.7 Å². The van der Waals surface area contributed by atoms with E-state index in [1.54, 1.807) is 0 Å². The second-order valence-electron chi connectivity index (χ2n) is 11.5. The third-order valence-corrected chi connectivity index (χ3v) is 9.81. The highest BCUT2D eigenvalue weighted by atomic mass is 16.6. The number of aliphatic hydroxyl groups excluding tert-OH is 1. The van der Waals surface area contributed by atoms with Crippen LogP contribution in [0.3, 0.4) is 0 Å². The smallest absolute Gasteiger partial charge is 0.328 e. The maximum Gasteiger partial charge on any atom is 0.328 e. The number of hydrogen-bond acceptors (Lipinski definition) is 6. The Morgan fingerprint density at radius 2 is 1.94 bits per heavy atom. The minimum atomic E-state index is -1.39. The lowest BCUT2D eigenvalue weighted by atomic mass is 9.46. The van der Waals surface area contributed by atoms with Gasteiger partial charge in [-0.1, -0.05) is 30.5 Å². The van der Waals surface area contributed by atoms with Crippen LogP contribution in [0.2, 0.25) is 0 Å². The summed E-state index contributed by atoms with van der Waals surface area (Å²) in [7, 11) is 0. The Bertz CT molecular complexity index is 983. The standard InChI is InChI=1S/C27H38N2O6/c1-5-27(34)13-10-21-19-7-6-17-14-18(8-11-25(17,3)20(19)9-12-26(21,27)4)29-35-15-22(31)28-23(16(2)30)24(32)33/h1,14,16,19-21,23,30,34H,6-13,15H2,2-4H3,(H,28,31)(H,32,33)/b29-18+/t16-,19+,20+,21+,23-,25-,26-,27+/m0/s1. The van der Waals surface area contributed by atoms with Crippen molar-refractivity contribution in [1.82, 2.24) is 5.32 Å². The van der Waals surface area contributed by atoms with E-state index in [9.17, 15) is 19.8 Å². The Hall–Kier alpha value is -2.37. The molecular weight excluding hydrogens is 448 g/mol. The molecule has 0 saturated heterocycles. The van der Waals surface area contributed by atoms with Gasteiger partial charge in [0.2, 0.25) is 0 Å². The summed E-state index contributed by atoms with van der Waals surface area (Å²) in [4.78, 5) is 28.3. The number of aliphatic hydroxyl groups is 2. The number of carbonyl (C=O) groups excluding carboxylic acids is 1. The van der Waals surface area contributed by atoms with Crippen molar-refractivity contribution in [2.75, 3.05) is 6.61 Å². The van der Waals surface area contributed by atoms with Gasteiger partial charge in [-0.25, -0.2) is 4.79 Å². The molecule has 0 aromatic heterocycles. The summed E-state index contributed by atoms with van der Waals surface area (Å²) in [5.74, 6) is 2.36. The van der Waals surface area contributed by atoms with Crippen LogP contribution in [0.15, 0.2) is 16.8 Å². The van der Waals surface area contributed by atoms with Crippen LogP contribution < -0.4 is 5.32 Å². The number of carbonyl (C=O) groups is 2. The molecule has 8 heteroatoms. The SMILES string of the molecule is C#C[C@@]1(O)CC[C@@H]2[C@@H]3CCC4=C/C(=N/OCC(=O)N[C@H](C(=O)O)[C@H](C)O)CC[C@]4(C)[C@@H]3CC[C@@]21C. The fourth-order valence-corrected chi connectivity index (χ4v) is 7.67. The topological polar surface area (TPSA) is 128 Å². The third kappa shape index (κ3) is 4.27. The van der Waals surface area contributed by atoms with Crippen molar-refractivity contribution >= 4 is 17.6 Å². The summed E-state index contributed by atoms with van der Waals surface area (Å²) < 4.78 is 0. The molecule has 4 aliphatic rings. The van der Waals surface area contributed by atoms with E-state index in [4.69, 9.17) is 16.4 Å². The van der Waals surface area contributed by atoms with Gasteiger partial charge in [0.1, 0.15) is 5.60 Å². The molecule has 0 aliphatic heterocycles. The number of nitrogens with zero attached hydrogens (tertiary/aromatic N) is 1. The largest absolute Gasteiger partial charge is 0.480 e. The maximum atomic E-state index is 12.0. The van der Waals surface area contributed by atoms with E-state index in [1.807, 2.05) is 0 Å². The first-order valence-electron chi connectivity index (χ1n) is 12.8. The second-order valence-corrected chi connectivity index (χ2v) is 11.5. The first kappa shape index (κ1) is 25.7. The highest BCUT2D eigenvalue weighted by Gasteiger charge is 2.63. The number of amides is 1. The van der Waals surface area contributed by atoms with E-state index >= 15 is 0 Å². The molecule has 35 heavy (non-hydrogen) atoms. The van der Waals surface area contributed by atoms with Crippen LogP contribution in [0, 0.1) is 40.9 Å². The molecule has 0 aromatic rings. The molecule has 3 fully saturated rings. The lowest BCUT2D eigenvalue weighted by molar-refractivity contribution is -0.145. The number of carboxylic acid groups (broad SMARTS) is 1. The van der Waals surface area contributed by atoms with Crippen LogP contribution in [0.25, 0.3) is 0 Å². The molecule has 1 amide bonds.